The van der Waals surface area contributed by atoms with Gasteiger partial charge in [-0.3, -0.25) is 4.98 Å². The van der Waals surface area contributed by atoms with Gasteiger partial charge in [-0.1, -0.05) is 19.3 Å². The van der Waals surface area contributed by atoms with Crippen LogP contribution in [0.4, 0.5) is 20.5 Å². The third-order valence-electron chi connectivity index (χ3n) is 5.02. The lowest BCUT2D eigenvalue weighted by atomic mass is 9.96. The number of aromatic nitrogens is 3. The zero-order valence-corrected chi connectivity index (χ0v) is 16.0. The monoisotopic (exact) mass is 395 g/mol. The van der Waals surface area contributed by atoms with Gasteiger partial charge in [-0.2, -0.15) is 4.98 Å². The van der Waals surface area contributed by atoms with Crippen molar-refractivity contribution in [2.75, 3.05) is 10.6 Å². The Balaban J connectivity index is 1.58. The molecular formula is C22H23F2N5. The van der Waals surface area contributed by atoms with Crippen LogP contribution in [0, 0.1) is 11.6 Å². The third-order valence-corrected chi connectivity index (χ3v) is 5.02. The summed E-state index contributed by atoms with van der Waals surface area (Å²) in [6.07, 6.45) is 9.35. The van der Waals surface area contributed by atoms with Gasteiger partial charge in [0.2, 0.25) is 5.95 Å². The molecule has 3 aromatic rings. The maximum Gasteiger partial charge on any atom is 0.225 e. The van der Waals surface area contributed by atoms with Gasteiger partial charge in [0.1, 0.15) is 17.5 Å². The van der Waals surface area contributed by atoms with Crippen molar-refractivity contribution in [2.24, 2.45) is 0 Å². The lowest BCUT2D eigenvalue weighted by Gasteiger charge is -2.23. The number of nitrogens with one attached hydrogen (secondary N) is 2. The Morgan fingerprint density at radius 1 is 0.966 bits per heavy atom. The minimum Gasteiger partial charge on any atom is -0.366 e. The first-order chi connectivity index (χ1) is 14.2. The number of nitrogens with zero attached hydrogens (tertiary/aromatic N) is 3. The highest BCUT2D eigenvalue weighted by Crippen LogP contribution is 2.24. The van der Waals surface area contributed by atoms with Crippen LogP contribution < -0.4 is 10.6 Å². The van der Waals surface area contributed by atoms with E-state index in [0.29, 0.717) is 23.4 Å². The van der Waals surface area contributed by atoms with Gasteiger partial charge in [0.05, 0.1) is 5.69 Å². The molecule has 0 spiro atoms. The highest BCUT2D eigenvalue weighted by Gasteiger charge is 2.15. The van der Waals surface area contributed by atoms with Crippen LogP contribution in [0.15, 0.2) is 48.8 Å². The molecule has 2 N–H and O–H groups in total. The Bertz CT molecular complexity index is 938. The minimum atomic E-state index is -0.597. The van der Waals surface area contributed by atoms with E-state index in [2.05, 4.69) is 25.6 Å². The van der Waals surface area contributed by atoms with Crippen molar-refractivity contribution in [3.8, 4) is 11.3 Å². The van der Waals surface area contributed by atoms with Gasteiger partial charge in [-0.25, -0.2) is 13.8 Å². The highest BCUT2D eigenvalue weighted by atomic mass is 19.1. The zero-order valence-electron chi connectivity index (χ0n) is 16.0. The van der Waals surface area contributed by atoms with E-state index in [4.69, 9.17) is 0 Å². The first kappa shape index (κ1) is 19.2. The fourth-order valence-electron chi connectivity index (χ4n) is 3.60. The number of pyridine rings is 1. The van der Waals surface area contributed by atoms with Crippen LogP contribution in [0.25, 0.3) is 11.3 Å². The summed E-state index contributed by atoms with van der Waals surface area (Å²) in [4.78, 5) is 13.4. The van der Waals surface area contributed by atoms with E-state index in [1.54, 1.807) is 12.4 Å². The summed E-state index contributed by atoms with van der Waals surface area (Å²) in [5.41, 5.74) is 2.12. The van der Waals surface area contributed by atoms with Gasteiger partial charge in [-0.15, -0.1) is 0 Å². The smallest absolute Gasteiger partial charge is 0.225 e. The number of benzene rings is 1. The zero-order chi connectivity index (χ0) is 20.1. The maximum absolute atomic E-state index is 13.5. The van der Waals surface area contributed by atoms with E-state index >= 15 is 0 Å². The van der Waals surface area contributed by atoms with Crippen LogP contribution in [0.2, 0.25) is 0 Å². The Hall–Kier alpha value is -3.09. The molecule has 0 atom stereocenters. The van der Waals surface area contributed by atoms with Crippen LogP contribution in [-0.4, -0.2) is 21.0 Å². The van der Waals surface area contributed by atoms with Gasteiger partial charge in [0.25, 0.3) is 0 Å². The van der Waals surface area contributed by atoms with E-state index in [1.165, 1.54) is 31.4 Å². The van der Waals surface area contributed by atoms with Crippen LogP contribution >= 0.6 is 0 Å². The minimum absolute atomic E-state index is 0.251. The topological polar surface area (TPSA) is 62.7 Å². The lowest BCUT2D eigenvalue weighted by molar-refractivity contribution is 0.461. The van der Waals surface area contributed by atoms with Crippen LogP contribution in [0.1, 0.15) is 37.7 Å². The van der Waals surface area contributed by atoms with Gasteiger partial charge in [-0.05, 0) is 42.7 Å². The second-order valence-electron chi connectivity index (χ2n) is 7.31. The van der Waals surface area contributed by atoms with Gasteiger partial charge < -0.3 is 10.6 Å². The van der Waals surface area contributed by atoms with Crippen molar-refractivity contribution in [2.45, 2.75) is 44.7 Å². The number of halogens is 2. The largest absolute Gasteiger partial charge is 0.366 e. The van der Waals surface area contributed by atoms with Gasteiger partial charge in [0, 0.05) is 42.7 Å². The van der Waals surface area contributed by atoms with Gasteiger partial charge in [0.15, 0.2) is 0 Å². The molecule has 0 aliphatic heterocycles. The van der Waals surface area contributed by atoms with E-state index in [1.807, 2.05) is 18.2 Å². The average Bonchev–Trinajstić information content (AvgIpc) is 2.73. The summed E-state index contributed by atoms with van der Waals surface area (Å²) in [7, 11) is 0. The molecule has 1 aliphatic rings. The summed E-state index contributed by atoms with van der Waals surface area (Å²) in [6, 6.07) is 9.44. The Morgan fingerprint density at radius 3 is 2.48 bits per heavy atom. The summed E-state index contributed by atoms with van der Waals surface area (Å²) in [5, 5.41) is 6.60. The van der Waals surface area contributed by atoms with Crippen LogP contribution in [-0.2, 0) is 6.54 Å². The Kier molecular flexibility index (Phi) is 5.93. The fourth-order valence-corrected chi connectivity index (χ4v) is 3.60. The molecule has 2 heterocycles. The molecule has 4 rings (SSSR count). The first-order valence-electron chi connectivity index (χ1n) is 9.90. The molecule has 0 saturated heterocycles. The molecule has 29 heavy (non-hydrogen) atoms. The van der Waals surface area contributed by atoms with E-state index in [0.717, 1.165) is 30.2 Å². The molecule has 0 unspecified atom stereocenters. The van der Waals surface area contributed by atoms with Crippen LogP contribution in [0.3, 0.4) is 0 Å². The number of hydrogen-bond acceptors (Lipinski definition) is 5. The van der Waals surface area contributed by atoms with Crippen molar-refractivity contribution in [3.05, 3.63) is 66.0 Å². The van der Waals surface area contributed by atoms with E-state index in [-0.39, 0.29) is 6.54 Å². The Morgan fingerprint density at radius 2 is 1.76 bits per heavy atom. The van der Waals surface area contributed by atoms with Crippen molar-refractivity contribution < 1.29 is 8.78 Å². The lowest BCUT2D eigenvalue weighted by Crippen LogP contribution is -2.23. The normalized spacial score (nSPS) is 14.6. The predicted molar refractivity (Wildman–Crippen MR) is 109 cm³/mol. The summed E-state index contributed by atoms with van der Waals surface area (Å²) >= 11 is 0. The quantitative estimate of drug-likeness (QED) is 0.603. The van der Waals surface area contributed by atoms with Crippen molar-refractivity contribution in [1.29, 1.82) is 0 Å². The molecule has 5 nitrogen and oxygen atoms in total. The SMILES string of the molecule is Fc1cc(F)cc(CNc2cc(-c3cccnc3)nc(NC3CCCCC3)n2)c1. The van der Waals surface area contributed by atoms with Gasteiger partial charge >= 0.3 is 0 Å². The molecule has 0 amide bonds. The summed E-state index contributed by atoms with van der Waals surface area (Å²) < 4.78 is 26.9. The molecule has 150 valence electrons. The van der Waals surface area contributed by atoms with E-state index < -0.39 is 11.6 Å². The molecule has 0 bridgehead atoms. The maximum atomic E-state index is 13.5. The molecule has 1 aliphatic carbocycles. The number of hydrogen-bond donors (Lipinski definition) is 2. The third kappa shape index (κ3) is 5.25. The second kappa shape index (κ2) is 8.94. The number of rotatable bonds is 6. The summed E-state index contributed by atoms with van der Waals surface area (Å²) in [5.74, 6) is -0.0617. The molecule has 2 aromatic heterocycles. The molecule has 7 heteroatoms. The average molecular weight is 395 g/mol. The van der Waals surface area contributed by atoms with Crippen molar-refractivity contribution in [3.63, 3.8) is 0 Å². The Labute approximate surface area is 168 Å². The molecule has 1 fully saturated rings. The standard InChI is InChI=1S/C22H23F2N5/c23-17-9-15(10-18(24)11-17)13-26-21-12-20(16-5-4-8-25-14-16)28-22(29-21)27-19-6-2-1-3-7-19/h4-5,8-12,14,19H,1-3,6-7,13H2,(H2,26,27,28,29). The molecule has 1 saturated carbocycles. The van der Waals surface area contributed by atoms with Crippen LogP contribution in [0.5, 0.6) is 0 Å². The first-order valence-corrected chi connectivity index (χ1v) is 9.90. The fraction of sp³-hybridized carbons (Fsp3) is 0.318. The highest BCUT2D eigenvalue weighted by molar-refractivity contribution is 5.63. The second-order valence-corrected chi connectivity index (χ2v) is 7.31. The molecular weight excluding hydrogens is 372 g/mol. The van der Waals surface area contributed by atoms with E-state index in [9.17, 15) is 8.78 Å². The van der Waals surface area contributed by atoms with Crippen molar-refractivity contribution >= 4 is 11.8 Å². The molecule has 1 aromatic carbocycles. The predicted octanol–water partition coefficient (Wildman–Crippen LogP) is 5.17. The summed E-state index contributed by atoms with van der Waals surface area (Å²) in [6.45, 7) is 0.251. The number of anilines is 2. The van der Waals surface area contributed by atoms with Crippen molar-refractivity contribution in [1.82, 2.24) is 15.0 Å². The molecule has 0 radical (unpaired) electrons.